The maximum atomic E-state index is 11.8. The van der Waals surface area contributed by atoms with Gasteiger partial charge in [0, 0.05) is 37.3 Å². The van der Waals surface area contributed by atoms with E-state index in [1.807, 2.05) is 41.1 Å². The molecule has 0 aliphatic carbocycles. The van der Waals surface area contributed by atoms with Crippen LogP contribution < -0.4 is 21.7 Å². The van der Waals surface area contributed by atoms with Crippen LogP contribution in [-0.4, -0.2) is 27.7 Å². The van der Waals surface area contributed by atoms with Gasteiger partial charge in [0.15, 0.2) is 5.82 Å². The molecule has 8 heteroatoms. The van der Waals surface area contributed by atoms with Gasteiger partial charge in [-0.3, -0.25) is 20.4 Å². The van der Waals surface area contributed by atoms with Crippen LogP contribution in [0, 0.1) is 0 Å². The van der Waals surface area contributed by atoms with Crippen LogP contribution in [0.3, 0.4) is 0 Å². The number of hydrogen-bond acceptors (Lipinski definition) is 6. The van der Waals surface area contributed by atoms with Crippen LogP contribution in [0.5, 0.6) is 0 Å². The number of primary amides is 1. The summed E-state index contributed by atoms with van der Waals surface area (Å²) in [5.41, 5.74) is 10.1. The van der Waals surface area contributed by atoms with Crippen molar-refractivity contribution in [1.82, 2.24) is 25.3 Å². The summed E-state index contributed by atoms with van der Waals surface area (Å²) in [4.78, 5) is 20.7. The van der Waals surface area contributed by atoms with Gasteiger partial charge in [-0.05, 0) is 29.3 Å². The number of allylic oxidation sites excluding steroid dienone is 1. The lowest BCUT2D eigenvalue weighted by molar-refractivity contribution is 0.100. The molecule has 0 fully saturated rings. The minimum atomic E-state index is -0.474. The molecule has 3 aromatic rings. The van der Waals surface area contributed by atoms with E-state index in [1.54, 1.807) is 24.5 Å². The number of nitrogens with two attached hydrogens (primary N) is 1. The number of amides is 1. The second kappa shape index (κ2) is 8.17. The molecular formula is C23H23N7O. The van der Waals surface area contributed by atoms with Gasteiger partial charge in [0.1, 0.15) is 6.17 Å². The van der Waals surface area contributed by atoms with Crippen LogP contribution >= 0.6 is 0 Å². The molecule has 4 heterocycles. The van der Waals surface area contributed by atoms with Crippen LogP contribution in [0.2, 0.25) is 0 Å². The van der Waals surface area contributed by atoms with Gasteiger partial charge in [-0.15, -0.1) is 0 Å². The number of nitrogens with one attached hydrogen (secondary N) is 3. The molecule has 1 aromatic carbocycles. The summed E-state index contributed by atoms with van der Waals surface area (Å²) in [6.07, 6.45) is 9.62. The molecular weight excluding hydrogens is 390 g/mol. The van der Waals surface area contributed by atoms with Crippen molar-refractivity contribution in [2.24, 2.45) is 10.7 Å². The van der Waals surface area contributed by atoms with Crippen LogP contribution in [0.4, 0.5) is 0 Å². The summed E-state index contributed by atoms with van der Waals surface area (Å²) in [5, 5.41) is 10.8. The van der Waals surface area contributed by atoms with E-state index in [4.69, 9.17) is 5.73 Å². The molecule has 2 aliphatic rings. The maximum absolute atomic E-state index is 11.8. The fourth-order valence-electron chi connectivity index (χ4n) is 4.03. The first-order chi connectivity index (χ1) is 15.2. The first-order valence-electron chi connectivity index (χ1n) is 10.2. The molecule has 1 amide bonds. The molecule has 0 saturated carbocycles. The molecule has 0 saturated heterocycles. The average molecular weight is 413 g/mol. The number of fused-ring (bicyclic) bond motifs is 1. The van der Waals surface area contributed by atoms with E-state index in [1.165, 1.54) is 11.1 Å². The van der Waals surface area contributed by atoms with Crippen LogP contribution in [0.25, 0.3) is 5.52 Å². The zero-order chi connectivity index (χ0) is 21.2. The molecule has 2 aromatic heterocycles. The summed E-state index contributed by atoms with van der Waals surface area (Å²) < 4.78 is 1.89. The summed E-state index contributed by atoms with van der Waals surface area (Å²) >= 11 is 0. The maximum Gasteiger partial charge on any atom is 0.250 e. The van der Waals surface area contributed by atoms with Crippen LogP contribution in [-0.2, 0) is 6.54 Å². The van der Waals surface area contributed by atoms with E-state index < -0.39 is 5.91 Å². The molecule has 5 rings (SSSR count). The third-order valence-electron chi connectivity index (χ3n) is 5.55. The Morgan fingerprint density at radius 3 is 2.94 bits per heavy atom. The van der Waals surface area contributed by atoms with Gasteiger partial charge in [-0.2, -0.15) is 0 Å². The van der Waals surface area contributed by atoms with E-state index in [0.29, 0.717) is 11.1 Å². The van der Waals surface area contributed by atoms with Crippen molar-refractivity contribution in [3.63, 3.8) is 0 Å². The summed E-state index contributed by atoms with van der Waals surface area (Å²) in [5.74, 6) is 0.271. The molecule has 31 heavy (non-hydrogen) atoms. The standard InChI is InChI=1S/C23H23N7O/c24-20(31)17-7-4-12-30-19(17)14-27-23(30)22-28-18-9-11-25-10-8-16(18)21(29-22)26-13-15-5-2-1-3-6-15/h1-7,9-12,14,21-22,26,28-29H,8,13H2,(H2,24,31). The highest BCUT2D eigenvalue weighted by Gasteiger charge is 2.30. The number of nitrogens with zero attached hydrogens (tertiary/aromatic N) is 3. The number of carbonyl (C=O) groups is 1. The van der Waals surface area contributed by atoms with Gasteiger partial charge in [0.05, 0.1) is 23.4 Å². The predicted molar refractivity (Wildman–Crippen MR) is 119 cm³/mol. The molecule has 156 valence electrons. The molecule has 0 radical (unpaired) electrons. The lowest BCUT2D eigenvalue weighted by Gasteiger charge is -2.35. The number of imidazole rings is 1. The van der Waals surface area contributed by atoms with E-state index in [-0.39, 0.29) is 12.3 Å². The molecule has 8 nitrogen and oxygen atoms in total. The van der Waals surface area contributed by atoms with Crippen LogP contribution in [0.1, 0.15) is 34.3 Å². The highest BCUT2D eigenvalue weighted by Crippen LogP contribution is 2.25. The largest absolute Gasteiger partial charge is 0.366 e. The van der Waals surface area contributed by atoms with Gasteiger partial charge >= 0.3 is 0 Å². The predicted octanol–water partition coefficient (Wildman–Crippen LogP) is 1.98. The zero-order valence-electron chi connectivity index (χ0n) is 16.8. The average Bonchev–Trinajstić information content (AvgIpc) is 3.08. The number of aromatic nitrogens is 2. The van der Waals surface area contributed by atoms with Crippen molar-refractivity contribution in [3.8, 4) is 0 Å². The highest BCUT2D eigenvalue weighted by atomic mass is 16.1. The minimum Gasteiger partial charge on any atom is -0.366 e. The smallest absolute Gasteiger partial charge is 0.250 e. The fourth-order valence-corrected chi connectivity index (χ4v) is 4.03. The number of carbonyl (C=O) groups excluding carboxylic acids is 1. The number of pyridine rings is 1. The number of benzene rings is 1. The molecule has 2 unspecified atom stereocenters. The van der Waals surface area contributed by atoms with Gasteiger partial charge < -0.3 is 15.5 Å². The van der Waals surface area contributed by atoms with Gasteiger partial charge in [-0.1, -0.05) is 30.3 Å². The minimum absolute atomic E-state index is 0.0812. The fraction of sp³-hybridized carbons (Fsp3) is 0.174. The van der Waals surface area contributed by atoms with Crippen molar-refractivity contribution < 1.29 is 4.79 Å². The third-order valence-corrected chi connectivity index (χ3v) is 5.55. The van der Waals surface area contributed by atoms with Crippen molar-refractivity contribution in [3.05, 3.63) is 95.4 Å². The first kappa shape index (κ1) is 19.2. The van der Waals surface area contributed by atoms with Gasteiger partial charge in [-0.25, -0.2) is 4.98 Å². The number of rotatable bonds is 5. The van der Waals surface area contributed by atoms with Crippen molar-refractivity contribution in [1.29, 1.82) is 0 Å². The zero-order valence-corrected chi connectivity index (χ0v) is 16.8. The van der Waals surface area contributed by atoms with Crippen molar-refractivity contribution in [2.75, 3.05) is 0 Å². The Bertz CT molecular complexity index is 1210. The van der Waals surface area contributed by atoms with Gasteiger partial charge in [0.25, 0.3) is 5.91 Å². The summed E-state index contributed by atoms with van der Waals surface area (Å²) in [7, 11) is 0. The Labute approximate surface area is 179 Å². The molecule has 0 bridgehead atoms. The lowest BCUT2D eigenvalue weighted by Crippen LogP contribution is -2.53. The SMILES string of the molecule is NC(=O)c1cccn2c(C3NC4=C(CC=NC=C4)C(NCc4ccccc4)N3)ncc12. The monoisotopic (exact) mass is 413 g/mol. The second-order valence-corrected chi connectivity index (χ2v) is 7.49. The molecule has 2 aliphatic heterocycles. The Balaban J connectivity index is 1.48. The molecule has 0 spiro atoms. The molecule has 5 N–H and O–H groups in total. The van der Waals surface area contributed by atoms with E-state index in [0.717, 1.165) is 24.5 Å². The van der Waals surface area contributed by atoms with Crippen molar-refractivity contribution in [2.45, 2.75) is 25.3 Å². The Morgan fingerprint density at radius 2 is 2.10 bits per heavy atom. The van der Waals surface area contributed by atoms with Gasteiger partial charge in [0.2, 0.25) is 0 Å². The third kappa shape index (κ3) is 3.74. The quantitative estimate of drug-likeness (QED) is 0.512. The molecule has 2 atom stereocenters. The van der Waals surface area contributed by atoms with E-state index in [2.05, 4.69) is 38.1 Å². The van der Waals surface area contributed by atoms with E-state index in [9.17, 15) is 4.79 Å². The Morgan fingerprint density at radius 1 is 1.23 bits per heavy atom. The van der Waals surface area contributed by atoms with E-state index >= 15 is 0 Å². The normalized spacial score (nSPS) is 20.4. The summed E-state index contributed by atoms with van der Waals surface area (Å²) in [6, 6.07) is 13.8. The highest BCUT2D eigenvalue weighted by molar-refractivity contribution is 5.99. The summed E-state index contributed by atoms with van der Waals surface area (Å²) in [6.45, 7) is 0.719. The number of hydrogen-bond donors (Lipinski definition) is 4. The first-order valence-corrected chi connectivity index (χ1v) is 10.2. The van der Waals surface area contributed by atoms with Crippen molar-refractivity contribution >= 4 is 17.6 Å². The number of aliphatic imine (C=N–C) groups is 1. The Kier molecular flexibility index (Phi) is 5.07. The lowest BCUT2D eigenvalue weighted by atomic mass is 10.0. The second-order valence-electron chi connectivity index (χ2n) is 7.49. The Hall–Kier alpha value is -3.75. The topological polar surface area (TPSA) is 109 Å². The van der Waals surface area contributed by atoms with Crippen LogP contribution in [0.15, 0.2) is 83.4 Å².